The molecule has 7 heteroatoms. The largest absolute Gasteiger partial charge is 0.352 e. The number of benzene rings is 1. The zero-order chi connectivity index (χ0) is 19.1. The van der Waals surface area contributed by atoms with Gasteiger partial charge in [-0.1, -0.05) is 6.92 Å². The van der Waals surface area contributed by atoms with E-state index in [0.717, 1.165) is 0 Å². The van der Waals surface area contributed by atoms with Gasteiger partial charge in [-0.15, -0.1) is 0 Å². The summed E-state index contributed by atoms with van der Waals surface area (Å²) in [6, 6.07) is 7.10. The Hall–Kier alpha value is -2.41. The molecule has 1 aromatic rings. The average molecular weight is 360 g/mol. The first-order valence-corrected chi connectivity index (χ1v) is 9.06. The maximum atomic E-state index is 12.2. The molecule has 1 saturated carbocycles. The lowest BCUT2D eigenvalue weighted by Crippen LogP contribution is -2.44. The van der Waals surface area contributed by atoms with Gasteiger partial charge in [0.15, 0.2) is 0 Å². The van der Waals surface area contributed by atoms with Crippen LogP contribution in [-0.2, 0) is 14.4 Å². The third-order valence-corrected chi connectivity index (χ3v) is 4.39. The number of hydrogen-bond acceptors (Lipinski definition) is 4. The molecule has 1 atom stereocenters. The van der Waals surface area contributed by atoms with Crippen molar-refractivity contribution >= 4 is 29.1 Å². The molecule has 2 rings (SSSR count). The van der Waals surface area contributed by atoms with E-state index in [4.69, 9.17) is 0 Å². The van der Waals surface area contributed by atoms with Gasteiger partial charge in [0.05, 0.1) is 13.1 Å². The summed E-state index contributed by atoms with van der Waals surface area (Å²) in [7, 11) is 0. The second kappa shape index (κ2) is 9.33. The quantitative estimate of drug-likeness (QED) is 0.626. The van der Waals surface area contributed by atoms with Crippen molar-refractivity contribution in [2.75, 3.05) is 30.3 Å². The van der Waals surface area contributed by atoms with Crippen LogP contribution in [0.4, 0.5) is 11.4 Å². The third-order valence-electron chi connectivity index (χ3n) is 4.39. The zero-order valence-electron chi connectivity index (χ0n) is 15.7. The maximum absolute atomic E-state index is 12.2. The van der Waals surface area contributed by atoms with E-state index in [1.807, 2.05) is 13.8 Å². The Balaban J connectivity index is 1.78. The molecule has 1 aliphatic carbocycles. The molecule has 3 N–H and O–H groups in total. The molecule has 0 spiro atoms. The second-order valence-electron chi connectivity index (χ2n) is 6.80. The Bertz CT molecular complexity index is 641. The van der Waals surface area contributed by atoms with Crippen LogP contribution in [0.3, 0.4) is 0 Å². The number of likely N-dealkylation sites (N-methyl/N-ethyl adjacent to an activating group) is 1. The van der Waals surface area contributed by atoms with Gasteiger partial charge in [0.2, 0.25) is 17.7 Å². The Morgan fingerprint density at radius 1 is 1.04 bits per heavy atom. The summed E-state index contributed by atoms with van der Waals surface area (Å²) in [6.07, 6.45) is 2.37. The zero-order valence-corrected chi connectivity index (χ0v) is 15.7. The molecule has 7 nitrogen and oxygen atoms in total. The predicted molar refractivity (Wildman–Crippen MR) is 102 cm³/mol. The summed E-state index contributed by atoms with van der Waals surface area (Å²) in [5.74, 6) is 0.244. The van der Waals surface area contributed by atoms with Crippen LogP contribution in [0.5, 0.6) is 0 Å². The topological polar surface area (TPSA) is 90.5 Å². The normalized spacial score (nSPS) is 14.6. The van der Waals surface area contributed by atoms with E-state index >= 15 is 0 Å². The average Bonchev–Trinajstić information content (AvgIpc) is 3.40. The highest BCUT2D eigenvalue weighted by Gasteiger charge is 2.29. The van der Waals surface area contributed by atoms with Crippen LogP contribution < -0.4 is 16.0 Å². The fraction of sp³-hybridized carbons (Fsp3) is 0.526. The van der Waals surface area contributed by atoms with Gasteiger partial charge in [-0.25, -0.2) is 0 Å². The summed E-state index contributed by atoms with van der Waals surface area (Å²) >= 11 is 0. The first-order valence-electron chi connectivity index (χ1n) is 9.06. The number of anilines is 2. The van der Waals surface area contributed by atoms with Crippen LogP contribution in [-0.4, -0.2) is 48.3 Å². The van der Waals surface area contributed by atoms with Crippen LogP contribution in [0, 0.1) is 5.92 Å². The highest BCUT2D eigenvalue weighted by Crippen LogP contribution is 2.32. The summed E-state index contributed by atoms with van der Waals surface area (Å²) in [5, 5.41) is 8.48. The number of nitrogens with zero attached hydrogens (tertiary/aromatic N) is 1. The van der Waals surface area contributed by atoms with Gasteiger partial charge in [-0.05, 0) is 56.5 Å². The van der Waals surface area contributed by atoms with Crippen LogP contribution in [0.15, 0.2) is 24.3 Å². The fourth-order valence-corrected chi connectivity index (χ4v) is 2.74. The number of carbonyl (C=O) groups is 3. The minimum Gasteiger partial charge on any atom is -0.352 e. The van der Waals surface area contributed by atoms with E-state index < -0.39 is 0 Å². The molecule has 0 unspecified atom stereocenters. The van der Waals surface area contributed by atoms with Gasteiger partial charge < -0.3 is 16.0 Å². The van der Waals surface area contributed by atoms with Crippen molar-refractivity contribution in [2.24, 2.45) is 5.92 Å². The molecular weight excluding hydrogens is 332 g/mol. The van der Waals surface area contributed by atoms with Crippen molar-refractivity contribution in [2.45, 2.75) is 39.7 Å². The molecule has 0 aromatic heterocycles. The number of rotatable bonds is 9. The molecular formula is C19H28N4O3. The van der Waals surface area contributed by atoms with Crippen LogP contribution >= 0.6 is 0 Å². The number of amides is 3. The standard InChI is InChI=1S/C19H28N4O3/c1-4-23(11-18(25)20-13(2)15-5-6-15)12-19(26)22-17-9-7-16(8-10-17)21-14(3)24/h7-10,13,15H,4-6,11-12H2,1-3H3,(H,20,25)(H,21,24)(H,22,26)/t13-/m0/s1. The molecule has 1 aliphatic rings. The van der Waals surface area contributed by atoms with Gasteiger partial charge >= 0.3 is 0 Å². The molecule has 142 valence electrons. The monoisotopic (exact) mass is 360 g/mol. The van der Waals surface area contributed by atoms with E-state index in [2.05, 4.69) is 16.0 Å². The Labute approximate surface area is 154 Å². The summed E-state index contributed by atoms with van der Waals surface area (Å²) in [6.45, 7) is 6.37. The van der Waals surface area contributed by atoms with E-state index in [0.29, 0.717) is 23.8 Å². The molecule has 1 aromatic carbocycles. The van der Waals surface area contributed by atoms with Gasteiger partial charge in [-0.2, -0.15) is 0 Å². The van der Waals surface area contributed by atoms with Crippen LogP contribution in [0.1, 0.15) is 33.6 Å². The molecule has 3 amide bonds. The minimum absolute atomic E-state index is 0.0429. The smallest absolute Gasteiger partial charge is 0.238 e. The van der Waals surface area contributed by atoms with Crippen molar-refractivity contribution in [3.63, 3.8) is 0 Å². The molecule has 0 aliphatic heterocycles. The van der Waals surface area contributed by atoms with Crippen molar-refractivity contribution in [1.82, 2.24) is 10.2 Å². The van der Waals surface area contributed by atoms with Crippen molar-refractivity contribution < 1.29 is 14.4 Å². The molecule has 0 radical (unpaired) electrons. The highest BCUT2D eigenvalue weighted by molar-refractivity contribution is 5.93. The fourth-order valence-electron chi connectivity index (χ4n) is 2.74. The Morgan fingerprint density at radius 3 is 2.08 bits per heavy atom. The van der Waals surface area contributed by atoms with E-state index in [1.165, 1.54) is 19.8 Å². The second-order valence-corrected chi connectivity index (χ2v) is 6.80. The molecule has 26 heavy (non-hydrogen) atoms. The summed E-state index contributed by atoms with van der Waals surface area (Å²) < 4.78 is 0. The number of carbonyl (C=O) groups excluding carboxylic acids is 3. The minimum atomic E-state index is -0.179. The van der Waals surface area contributed by atoms with E-state index in [9.17, 15) is 14.4 Å². The molecule has 0 saturated heterocycles. The predicted octanol–water partition coefficient (Wildman–Crippen LogP) is 1.82. The van der Waals surface area contributed by atoms with E-state index in [-0.39, 0.29) is 36.9 Å². The molecule has 0 bridgehead atoms. The first-order chi connectivity index (χ1) is 12.4. The summed E-state index contributed by atoms with van der Waals surface area (Å²) in [5.41, 5.74) is 1.32. The van der Waals surface area contributed by atoms with Crippen LogP contribution in [0.2, 0.25) is 0 Å². The summed E-state index contributed by atoms with van der Waals surface area (Å²) in [4.78, 5) is 37.1. The number of hydrogen-bond donors (Lipinski definition) is 3. The Morgan fingerprint density at radius 2 is 1.58 bits per heavy atom. The lowest BCUT2D eigenvalue weighted by atomic mass is 10.2. The van der Waals surface area contributed by atoms with E-state index in [1.54, 1.807) is 29.2 Å². The van der Waals surface area contributed by atoms with Crippen LogP contribution in [0.25, 0.3) is 0 Å². The first kappa shape index (κ1) is 19.9. The van der Waals surface area contributed by atoms with Gasteiger partial charge in [0.25, 0.3) is 0 Å². The van der Waals surface area contributed by atoms with Crippen molar-refractivity contribution in [1.29, 1.82) is 0 Å². The lowest BCUT2D eigenvalue weighted by molar-refractivity contribution is -0.124. The van der Waals surface area contributed by atoms with Crippen molar-refractivity contribution in [3.8, 4) is 0 Å². The lowest BCUT2D eigenvalue weighted by Gasteiger charge is -2.21. The van der Waals surface area contributed by atoms with Gasteiger partial charge in [0.1, 0.15) is 0 Å². The highest BCUT2D eigenvalue weighted by atomic mass is 16.2. The van der Waals surface area contributed by atoms with Gasteiger partial charge in [0, 0.05) is 24.3 Å². The maximum Gasteiger partial charge on any atom is 0.238 e. The number of nitrogens with one attached hydrogen (secondary N) is 3. The SMILES string of the molecule is CCN(CC(=O)Nc1ccc(NC(C)=O)cc1)CC(=O)N[C@@H](C)C1CC1. The Kier molecular flexibility index (Phi) is 7.15. The molecule has 1 fully saturated rings. The molecule has 0 heterocycles. The van der Waals surface area contributed by atoms with Crippen molar-refractivity contribution in [3.05, 3.63) is 24.3 Å². The van der Waals surface area contributed by atoms with Gasteiger partial charge in [-0.3, -0.25) is 19.3 Å². The third kappa shape index (κ3) is 6.84.